The summed E-state index contributed by atoms with van der Waals surface area (Å²) >= 11 is 0. The lowest BCUT2D eigenvalue weighted by atomic mass is 10.1. The van der Waals surface area contributed by atoms with Gasteiger partial charge >= 0.3 is 5.97 Å². The van der Waals surface area contributed by atoms with Gasteiger partial charge in [0.2, 0.25) is 0 Å². The fourth-order valence-corrected chi connectivity index (χ4v) is 2.21. The van der Waals surface area contributed by atoms with Gasteiger partial charge in [0.05, 0.1) is 0 Å². The van der Waals surface area contributed by atoms with Gasteiger partial charge in [-0.1, -0.05) is 58.3 Å². The smallest absolute Gasteiger partial charge is 0.303 e. The topological polar surface area (TPSA) is 49.3 Å². The quantitative estimate of drug-likeness (QED) is 0.435. The number of carboxylic acid groups (broad SMARTS) is 1. The Bertz CT molecular complexity index is 195. The lowest BCUT2D eigenvalue weighted by Crippen LogP contribution is -2.16. The first kappa shape index (κ1) is 18.4. The number of aliphatic carboxylic acids is 1. The summed E-state index contributed by atoms with van der Waals surface area (Å²) in [6.45, 7) is 4.53. The normalized spacial score (nSPS) is 10.8. The third kappa shape index (κ3) is 17.4. The number of hydrogen-bond donors (Lipinski definition) is 2. The standard InChI is InChI=1S/C16H33NO2/c1-2-3-4-5-8-11-14-17-15-12-9-6-7-10-13-16(18)19/h17H,2-15H2,1H3,(H,18,19). The van der Waals surface area contributed by atoms with E-state index in [0.717, 1.165) is 25.9 Å². The maximum atomic E-state index is 10.3. The number of unbranched alkanes of at least 4 members (excludes halogenated alkanes) is 9. The molecule has 0 aromatic carbocycles. The Morgan fingerprint density at radius 2 is 1.26 bits per heavy atom. The minimum atomic E-state index is -0.666. The molecule has 0 aliphatic heterocycles. The Kier molecular flexibility index (Phi) is 15.0. The molecule has 0 spiro atoms. The highest BCUT2D eigenvalue weighted by Gasteiger charge is 1.96. The maximum absolute atomic E-state index is 10.3. The molecule has 0 amide bonds. The molecule has 0 aromatic heterocycles. The molecule has 0 rings (SSSR count). The van der Waals surface area contributed by atoms with Gasteiger partial charge in [-0.3, -0.25) is 4.79 Å². The molecule has 114 valence electrons. The number of nitrogens with one attached hydrogen (secondary N) is 1. The van der Waals surface area contributed by atoms with Crippen LogP contribution < -0.4 is 5.32 Å². The monoisotopic (exact) mass is 271 g/mol. The first-order valence-corrected chi connectivity index (χ1v) is 8.20. The number of hydrogen-bond acceptors (Lipinski definition) is 2. The average molecular weight is 271 g/mol. The van der Waals surface area contributed by atoms with Gasteiger partial charge in [-0.2, -0.15) is 0 Å². The van der Waals surface area contributed by atoms with Crippen molar-refractivity contribution in [2.75, 3.05) is 13.1 Å². The van der Waals surface area contributed by atoms with Crippen molar-refractivity contribution < 1.29 is 9.90 Å². The van der Waals surface area contributed by atoms with Crippen LogP contribution in [0.3, 0.4) is 0 Å². The van der Waals surface area contributed by atoms with E-state index < -0.39 is 5.97 Å². The minimum absolute atomic E-state index is 0.330. The van der Waals surface area contributed by atoms with Crippen LogP contribution in [0.5, 0.6) is 0 Å². The van der Waals surface area contributed by atoms with E-state index in [4.69, 9.17) is 5.11 Å². The second-order valence-corrected chi connectivity index (χ2v) is 5.43. The summed E-state index contributed by atoms with van der Waals surface area (Å²) in [5.74, 6) is -0.666. The summed E-state index contributed by atoms with van der Waals surface area (Å²) < 4.78 is 0. The van der Waals surface area contributed by atoms with Crippen LogP contribution >= 0.6 is 0 Å². The third-order valence-corrected chi connectivity index (χ3v) is 3.45. The molecule has 0 heterocycles. The van der Waals surface area contributed by atoms with Gasteiger partial charge in [-0.05, 0) is 32.4 Å². The molecule has 3 heteroatoms. The van der Waals surface area contributed by atoms with Gasteiger partial charge in [0.25, 0.3) is 0 Å². The SMILES string of the molecule is CCCCCCCCNCCCCCCCC(=O)O. The molecule has 0 bridgehead atoms. The van der Waals surface area contributed by atoms with Crippen molar-refractivity contribution in [3.63, 3.8) is 0 Å². The summed E-state index contributed by atoms with van der Waals surface area (Å²) in [6.07, 6.45) is 14.0. The lowest BCUT2D eigenvalue weighted by Gasteiger charge is -2.04. The molecule has 19 heavy (non-hydrogen) atoms. The van der Waals surface area contributed by atoms with Crippen molar-refractivity contribution in [3.8, 4) is 0 Å². The van der Waals surface area contributed by atoms with Crippen LogP contribution in [0.1, 0.15) is 84.0 Å². The van der Waals surface area contributed by atoms with Crippen molar-refractivity contribution in [2.45, 2.75) is 84.0 Å². The van der Waals surface area contributed by atoms with Crippen molar-refractivity contribution >= 4 is 5.97 Å². The van der Waals surface area contributed by atoms with Crippen LogP contribution in [-0.2, 0) is 4.79 Å². The van der Waals surface area contributed by atoms with Gasteiger partial charge in [-0.25, -0.2) is 0 Å². The zero-order chi connectivity index (χ0) is 14.2. The summed E-state index contributed by atoms with van der Waals surface area (Å²) in [4.78, 5) is 10.3. The van der Waals surface area contributed by atoms with Crippen molar-refractivity contribution in [1.29, 1.82) is 0 Å². The Balaban J connectivity index is 2.93. The molecule has 0 atom stereocenters. The number of rotatable bonds is 15. The van der Waals surface area contributed by atoms with E-state index in [2.05, 4.69) is 12.2 Å². The molecule has 0 fully saturated rings. The van der Waals surface area contributed by atoms with Gasteiger partial charge in [0.15, 0.2) is 0 Å². The molecular formula is C16H33NO2. The van der Waals surface area contributed by atoms with Crippen molar-refractivity contribution in [1.82, 2.24) is 5.32 Å². The summed E-state index contributed by atoms with van der Waals surface area (Å²) in [7, 11) is 0. The fraction of sp³-hybridized carbons (Fsp3) is 0.938. The Morgan fingerprint density at radius 1 is 0.789 bits per heavy atom. The molecule has 0 saturated carbocycles. The third-order valence-electron chi connectivity index (χ3n) is 3.45. The maximum Gasteiger partial charge on any atom is 0.303 e. The van der Waals surface area contributed by atoms with Crippen LogP contribution in [0.4, 0.5) is 0 Å². The van der Waals surface area contributed by atoms with E-state index in [1.165, 1.54) is 57.8 Å². The van der Waals surface area contributed by atoms with Crippen LogP contribution in [0.15, 0.2) is 0 Å². The predicted molar refractivity (Wildman–Crippen MR) is 81.6 cm³/mol. The van der Waals surface area contributed by atoms with Gasteiger partial charge in [0.1, 0.15) is 0 Å². The molecule has 0 aliphatic carbocycles. The number of carboxylic acids is 1. The largest absolute Gasteiger partial charge is 0.481 e. The summed E-state index contributed by atoms with van der Waals surface area (Å²) in [5, 5.41) is 12.0. The van der Waals surface area contributed by atoms with Crippen LogP contribution in [0.2, 0.25) is 0 Å². The van der Waals surface area contributed by atoms with E-state index in [1.807, 2.05) is 0 Å². The van der Waals surface area contributed by atoms with E-state index in [9.17, 15) is 4.79 Å². The second-order valence-electron chi connectivity index (χ2n) is 5.43. The van der Waals surface area contributed by atoms with Crippen LogP contribution in [0.25, 0.3) is 0 Å². The Hall–Kier alpha value is -0.570. The first-order chi connectivity index (χ1) is 9.27. The fourth-order valence-electron chi connectivity index (χ4n) is 2.21. The Labute approximate surface area is 119 Å². The zero-order valence-electron chi connectivity index (χ0n) is 12.8. The molecule has 3 nitrogen and oxygen atoms in total. The summed E-state index contributed by atoms with van der Waals surface area (Å²) in [6, 6.07) is 0. The molecule has 0 aliphatic rings. The Morgan fingerprint density at radius 3 is 1.79 bits per heavy atom. The molecule has 0 unspecified atom stereocenters. The highest BCUT2D eigenvalue weighted by Crippen LogP contribution is 2.05. The molecule has 0 saturated heterocycles. The van der Waals surface area contributed by atoms with E-state index in [-0.39, 0.29) is 0 Å². The second kappa shape index (κ2) is 15.5. The average Bonchev–Trinajstić information content (AvgIpc) is 2.39. The molecular weight excluding hydrogens is 238 g/mol. The van der Waals surface area contributed by atoms with E-state index >= 15 is 0 Å². The predicted octanol–water partition coefficient (Wildman–Crippen LogP) is 4.36. The summed E-state index contributed by atoms with van der Waals surface area (Å²) in [5.41, 5.74) is 0. The van der Waals surface area contributed by atoms with E-state index in [1.54, 1.807) is 0 Å². The van der Waals surface area contributed by atoms with Crippen molar-refractivity contribution in [2.24, 2.45) is 0 Å². The molecule has 0 aromatic rings. The molecule has 2 N–H and O–H groups in total. The highest BCUT2D eigenvalue weighted by molar-refractivity contribution is 5.66. The highest BCUT2D eigenvalue weighted by atomic mass is 16.4. The van der Waals surface area contributed by atoms with Crippen molar-refractivity contribution in [3.05, 3.63) is 0 Å². The van der Waals surface area contributed by atoms with Gasteiger partial charge in [0, 0.05) is 6.42 Å². The van der Waals surface area contributed by atoms with Gasteiger partial charge in [-0.15, -0.1) is 0 Å². The molecule has 0 radical (unpaired) electrons. The number of carbonyl (C=O) groups is 1. The van der Waals surface area contributed by atoms with E-state index in [0.29, 0.717) is 6.42 Å². The minimum Gasteiger partial charge on any atom is -0.481 e. The first-order valence-electron chi connectivity index (χ1n) is 8.20. The van der Waals surface area contributed by atoms with Crippen LogP contribution in [0, 0.1) is 0 Å². The van der Waals surface area contributed by atoms with Crippen LogP contribution in [-0.4, -0.2) is 24.2 Å². The lowest BCUT2D eigenvalue weighted by molar-refractivity contribution is -0.137. The van der Waals surface area contributed by atoms with Gasteiger partial charge < -0.3 is 10.4 Å². The zero-order valence-corrected chi connectivity index (χ0v) is 12.8.